The average molecular weight is 252 g/mol. The van der Waals surface area contributed by atoms with Crippen LogP contribution in [0.25, 0.3) is 0 Å². The summed E-state index contributed by atoms with van der Waals surface area (Å²) in [7, 11) is 4.45. The Balaban J connectivity index is 1.94. The van der Waals surface area contributed by atoms with E-state index in [2.05, 4.69) is 35.4 Å². The first-order chi connectivity index (χ1) is 8.70. The predicted octanol–water partition coefficient (Wildman–Crippen LogP) is 0.955. The van der Waals surface area contributed by atoms with Crippen molar-refractivity contribution >= 4 is 0 Å². The van der Waals surface area contributed by atoms with E-state index >= 15 is 0 Å². The van der Waals surface area contributed by atoms with E-state index in [-0.39, 0.29) is 0 Å². The molecule has 3 N–H and O–H groups in total. The molecular weight excluding hydrogens is 224 g/mol. The van der Waals surface area contributed by atoms with Crippen LogP contribution in [0, 0.1) is 0 Å². The number of nitrogens with zero attached hydrogens (tertiary/aromatic N) is 2. The van der Waals surface area contributed by atoms with Gasteiger partial charge in [-0.15, -0.1) is 0 Å². The predicted molar refractivity (Wildman–Crippen MR) is 76.2 cm³/mol. The monoisotopic (exact) mass is 252 g/mol. The van der Waals surface area contributed by atoms with Gasteiger partial charge in [0.2, 0.25) is 0 Å². The van der Waals surface area contributed by atoms with Gasteiger partial charge in [0.1, 0.15) is 0 Å². The summed E-state index contributed by atoms with van der Waals surface area (Å²) >= 11 is 0. The van der Waals surface area contributed by atoms with Crippen LogP contribution >= 0.6 is 0 Å². The first-order valence-electron chi connectivity index (χ1n) is 7.24. The van der Waals surface area contributed by atoms with Crippen LogP contribution in [0.15, 0.2) is 11.6 Å². The molecule has 1 aliphatic carbocycles. The topological polar surface area (TPSA) is 44.5 Å². The second-order valence-corrected chi connectivity index (χ2v) is 5.88. The fraction of sp³-hybridized carbons (Fsp3) is 0.857. The number of rotatable bonds is 4. The zero-order valence-corrected chi connectivity index (χ0v) is 11.9. The molecule has 2 atom stereocenters. The molecule has 2 aliphatic rings. The van der Waals surface area contributed by atoms with Gasteiger partial charge in [-0.2, -0.15) is 0 Å². The molecule has 1 heterocycles. The van der Waals surface area contributed by atoms with E-state index < -0.39 is 0 Å². The minimum atomic E-state index is 0.365. The summed E-state index contributed by atoms with van der Waals surface area (Å²) in [5.41, 5.74) is 4.57. The normalized spacial score (nSPS) is 29.1. The summed E-state index contributed by atoms with van der Waals surface area (Å²) in [6.07, 6.45) is 8.65. The lowest BCUT2D eigenvalue weighted by molar-refractivity contribution is 0.103. The van der Waals surface area contributed by atoms with Gasteiger partial charge in [-0.3, -0.25) is 11.3 Å². The van der Waals surface area contributed by atoms with Crippen LogP contribution in [-0.4, -0.2) is 55.6 Å². The number of likely N-dealkylation sites (N-methyl/N-ethyl adjacent to an activating group) is 2. The third-order valence-corrected chi connectivity index (χ3v) is 4.46. The standard InChI is InChI=1S/C14H28N4/c1-17-8-9-18(2)13(11-17)10-14(16-15)12-6-4-3-5-7-12/h6,13-14,16H,3-5,7-11,15H2,1-2H3. The molecule has 4 nitrogen and oxygen atoms in total. The summed E-state index contributed by atoms with van der Waals surface area (Å²) in [6.45, 7) is 3.50. The number of hydrogen-bond donors (Lipinski definition) is 2. The van der Waals surface area contributed by atoms with Gasteiger partial charge in [-0.1, -0.05) is 11.6 Å². The van der Waals surface area contributed by atoms with Crippen molar-refractivity contribution in [2.75, 3.05) is 33.7 Å². The molecule has 0 aromatic heterocycles. The Kier molecular flexibility index (Phi) is 5.18. The van der Waals surface area contributed by atoms with Crippen molar-refractivity contribution in [1.82, 2.24) is 15.2 Å². The quantitative estimate of drug-likeness (QED) is 0.444. The number of nitrogens with two attached hydrogens (primary N) is 1. The maximum atomic E-state index is 5.78. The SMILES string of the molecule is CN1CCN(C)C(CC(NN)C2=CCCCC2)C1. The zero-order chi connectivity index (χ0) is 13.0. The van der Waals surface area contributed by atoms with Gasteiger partial charge in [-0.05, 0) is 46.2 Å². The molecule has 1 fully saturated rings. The summed E-state index contributed by atoms with van der Waals surface area (Å²) in [5, 5.41) is 0. The van der Waals surface area contributed by atoms with Gasteiger partial charge in [0, 0.05) is 31.7 Å². The molecule has 0 bridgehead atoms. The van der Waals surface area contributed by atoms with E-state index in [0.29, 0.717) is 12.1 Å². The van der Waals surface area contributed by atoms with Gasteiger partial charge in [0.25, 0.3) is 0 Å². The van der Waals surface area contributed by atoms with Crippen LogP contribution in [-0.2, 0) is 0 Å². The molecule has 2 rings (SSSR count). The van der Waals surface area contributed by atoms with Gasteiger partial charge in [0.05, 0.1) is 0 Å². The Morgan fingerprint density at radius 1 is 1.39 bits per heavy atom. The van der Waals surface area contributed by atoms with E-state index in [0.717, 1.165) is 19.5 Å². The Labute approximate surface area is 111 Å². The lowest BCUT2D eigenvalue weighted by atomic mass is 9.90. The fourth-order valence-corrected chi connectivity index (χ4v) is 3.13. The molecule has 2 unspecified atom stereocenters. The maximum Gasteiger partial charge on any atom is 0.0435 e. The summed E-state index contributed by atoms with van der Waals surface area (Å²) in [5.74, 6) is 5.78. The molecule has 104 valence electrons. The molecule has 0 aromatic carbocycles. The molecule has 0 spiro atoms. The molecule has 18 heavy (non-hydrogen) atoms. The van der Waals surface area contributed by atoms with Crippen LogP contribution in [0.1, 0.15) is 32.1 Å². The third-order valence-electron chi connectivity index (χ3n) is 4.46. The highest BCUT2D eigenvalue weighted by atomic mass is 15.3. The highest BCUT2D eigenvalue weighted by Gasteiger charge is 2.26. The number of piperazine rings is 1. The van der Waals surface area contributed by atoms with Crippen molar-refractivity contribution in [3.8, 4) is 0 Å². The van der Waals surface area contributed by atoms with Crippen molar-refractivity contribution in [3.63, 3.8) is 0 Å². The molecule has 0 radical (unpaired) electrons. The molecular formula is C14H28N4. The molecule has 4 heteroatoms. The molecule has 0 amide bonds. The zero-order valence-electron chi connectivity index (χ0n) is 11.9. The number of hydrogen-bond acceptors (Lipinski definition) is 4. The lowest BCUT2D eigenvalue weighted by Crippen LogP contribution is -2.53. The Morgan fingerprint density at radius 2 is 2.22 bits per heavy atom. The number of nitrogens with one attached hydrogen (secondary N) is 1. The van der Waals surface area contributed by atoms with Crippen LogP contribution < -0.4 is 11.3 Å². The van der Waals surface area contributed by atoms with Crippen molar-refractivity contribution in [3.05, 3.63) is 11.6 Å². The fourth-order valence-electron chi connectivity index (χ4n) is 3.13. The molecule has 1 saturated heterocycles. The third kappa shape index (κ3) is 3.54. The Morgan fingerprint density at radius 3 is 2.89 bits per heavy atom. The van der Waals surface area contributed by atoms with E-state index in [4.69, 9.17) is 5.84 Å². The van der Waals surface area contributed by atoms with E-state index in [9.17, 15) is 0 Å². The van der Waals surface area contributed by atoms with Crippen molar-refractivity contribution in [2.45, 2.75) is 44.2 Å². The van der Waals surface area contributed by atoms with Gasteiger partial charge < -0.3 is 9.80 Å². The van der Waals surface area contributed by atoms with Gasteiger partial charge in [-0.25, -0.2) is 0 Å². The molecule has 0 saturated carbocycles. The van der Waals surface area contributed by atoms with Crippen molar-refractivity contribution in [2.24, 2.45) is 5.84 Å². The number of allylic oxidation sites excluding steroid dienone is 1. The van der Waals surface area contributed by atoms with E-state index in [1.54, 1.807) is 0 Å². The van der Waals surface area contributed by atoms with Gasteiger partial charge >= 0.3 is 0 Å². The van der Waals surface area contributed by atoms with Crippen LogP contribution in [0.5, 0.6) is 0 Å². The second-order valence-electron chi connectivity index (χ2n) is 5.88. The highest BCUT2D eigenvalue weighted by molar-refractivity contribution is 5.13. The highest BCUT2D eigenvalue weighted by Crippen LogP contribution is 2.24. The largest absolute Gasteiger partial charge is 0.304 e. The lowest BCUT2D eigenvalue weighted by Gasteiger charge is -2.39. The van der Waals surface area contributed by atoms with Crippen LogP contribution in [0.2, 0.25) is 0 Å². The van der Waals surface area contributed by atoms with Crippen LogP contribution in [0.3, 0.4) is 0 Å². The molecule has 1 aliphatic heterocycles. The smallest absolute Gasteiger partial charge is 0.0435 e. The first kappa shape index (κ1) is 14.0. The maximum absolute atomic E-state index is 5.78. The minimum absolute atomic E-state index is 0.365. The summed E-state index contributed by atoms with van der Waals surface area (Å²) in [4.78, 5) is 4.90. The first-order valence-corrected chi connectivity index (χ1v) is 7.24. The average Bonchev–Trinajstić information content (AvgIpc) is 2.41. The minimum Gasteiger partial charge on any atom is -0.304 e. The van der Waals surface area contributed by atoms with Gasteiger partial charge in [0.15, 0.2) is 0 Å². The Bertz CT molecular complexity index is 290. The van der Waals surface area contributed by atoms with Crippen LogP contribution in [0.4, 0.5) is 0 Å². The molecule has 0 aromatic rings. The summed E-state index contributed by atoms with van der Waals surface area (Å²) < 4.78 is 0. The Hall–Kier alpha value is -0.420. The number of hydrazine groups is 1. The summed E-state index contributed by atoms with van der Waals surface area (Å²) in [6, 6.07) is 0.983. The second kappa shape index (κ2) is 6.66. The van der Waals surface area contributed by atoms with E-state index in [1.165, 1.54) is 37.8 Å². The van der Waals surface area contributed by atoms with Crippen molar-refractivity contribution < 1.29 is 0 Å². The van der Waals surface area contributed by atoms with E-state index in [1.807, 2.05) is 0 Å². The van der Waals surface area contributed by atoms with Crippen molar-refractivity contribution in [1.29, 1.82) is 0 Å².